The molecule has 1 aromatic heterocycles. The third-order valence-corrected chi connectivity index (χ3v) is 3.10. The monoisotopic (exact) mass is 239 g/mol. The molecule has 0 bridgehead atoms. The van der Waals surface area contributed by atoms with Crippen LogP contribution in [0.15, 0.2) is 48.7 Å². The van der Waals surface area contributed by atoms with Crippen molar-refractivity contribution in [3.63, 3.8) is 0 Å². The maximum atomic E-state index is 12.1. The van der Waals surface area contributed by atoms with E-state index >= 15 is 0 Å². The van der Waals surface area contributed by atoms with E-state index in [0.717, 1.165) is 11.4 Å². The number of carbonyl (C=O) groups excluding carboxylic acids is 1. The average Bonchev–Trinajstić information content (AvgIpc) is 2.40. The molecule has 0 saturated heterocycles. The van der Waals surface area contributed by atoms with Gasteiger partial charge in [0.25, 0.3) is 5.91 Å². The van der Waals surface area contributed by atoms with E-state index < -0.39 is 5.66 Å². The minimum absolute atomic E-state index is 0.0856. The van der Waals surface area contributed by atoms with Gasteiger partial charge in [0.15, 0.2) is 5.66 Å². The van der Waals surface area contributed by atoms with Gasteiger partial charge in [-0.15, -0.1) is 0 Å². The number of nitrogens with zero attached hydrogens (tertiary/aromatic N) is 1. The fourth-order valence-corrected chi connectivity index (χ4v) is 2.17. The van der Waals surface area contributed by atoms with Gasteiger partial charge in [0.2, 0.25) is 0 Å². The maximum absolute atomic E-state index is 12.1. The Morgan fingerprint density at radius 3 is 2.61 bits per heavy atom. The van der Waals surface area contributed by atoms with Gasteiger partial charge in [0.1, 0.15) is 0 Å². The molecule has 2 N–H and O–H groups in total. The summed E-state index contributed by atoms with van der Waals surface area (Å²) in [6.45, 7) is 1.91. The second kappa shape index (κ2) is 3.84. The first kappa shape index (κ1) is 10.8. The number of fused-ring (bicyclic) bond motifs is 1. The van der Waals surface area contributed by atoms with E-state index in [1.807, 2.05) is 43.3 Å². The summed E-state index contributed by atoms with van der Waals surface area (Å²) in [6.07, 6.45) is 1.72. The lowest BCUT2D eigenvalue weighted by Crippen LogP contribution is -2.53. The van der Waals surface area contributed by atoms with E-state index in [1.54, 1.807) is 12.3 Å². The molecule has 4 heteroatoms. The molecule has 90 valence electrons. The Balaban J connectivity index is 2.06. The van der Waals surface area contributed by atoms with Crippen LogP contribution in [0.2, 0.25) is 0 Å². The number of anilines is 1. The first-order chi connectivity index (χ1) is 8.69. The van der Waals surface area contributed by atoms with Crippen LogP contribution in [-0.4, -0.2) is 10.9 Å². The number of amides is 1. The largest absolute Gasteiger partial charge is 0.357 e. The fraction of sp³-hybridized carbons (Fsp3) is 0.143. The standard InChI is InChI=1S/C14H13N3O/c1-14(12-8-4-5-9-15-12)16-11-7-3-2-6-10(11)13(18)17-14/h2-9,16H,1H3,(H,17,18). The van der Waals surface area contributed by atoms with Crippen LogP contribution < -0.4 is 10.6 Å². The summed E-state index contributed by atoms with van der Waals surface area (Å²) in [5.74, 6) is -0.0856. The van der Waals surface area contributed by atoms with Crippen LogP contribution >= 0.6 is 0 Å². The number of pyridine rings is 1. The Morgan fingerprint density at radius 1 is 1.06 bits per heavy atom. The Bertz CT molecular complexity index is 597. The third-order valence-electron chi connectivity index (χ3n) is 3.10. The highest BCUT2D eigenvalue weighted by atomic mass is 16.2. The van der Waals surface area contributed by atoms with Crippen molar-refractivity contribution < 1.29 is 4.79 Å². The average molecular weight is 239 g/mol. The highest BCUT2D eigenvalue weighted by Gasteiger charge is 2.35. The summed E-state index contributed by atoms with van der Waals surface area (Å²) >= 11 is 0. The van der Waals surface area contributed by atoms with Gasteiger partial charge in [0, 0.05) is 11.9 Å². The topological polar surface area (TPSA) is 54.0 Å². The Morgan fingerprint density at radius 2 is 1.83 bits per heavy atom. The van der Waals surface area contributed by atoms with Crippen LogP contribution in [0, 0.1) is 0 Å². The molecule has 1 aliphatic heterocycles. The van der Waals surface area contributed by atoms with Crippen molar-refractivity contribution in [2.45, 2.75) is 12.6 Å². The molecule has 4 nitrogen and oxygen atoms in total. The van der Waals surface area contributed by atoms with Crippen LogP contribution in [0.25, 0.3) is 0 Å². The van der Waals surface area contributed by atoms with E-state index in [1.165, 1.54) is 0 Å². The second-order valence-corrected chi connectivity index (χ2v) is 4.46. The van der Waals surface area contributed by atoms with Gasteiger partial charge < -0.3 is 10.6 Å². The summed E-state index contributed by atoms with van der Waals surface area (Å²) in [4.78, 5) is 16.4. The number of benzene rings is 1. The number of hydrogen-bond donors (Lipinski definition) is 2. The van der Waals surface area contributed by atoms with E-state index in [4.69, 9.17) is 0 Å². The van der Waals surface area contributed by atoms with Crippen LogP contribution in [0.3, 0.4) is 0 Å². The Labute approximate surface area is 105 Å². The number of para-hydroxylation sites is 1. The smallest absolute Gasteiger partial charge is 0.255 e. The molecule has 1 amide bonds. The van der Waals surface area contributed by atoms with Crippen molar-refractivity contribution >= 4 is 11.6 Å². The van der Waals surface area contributed by atoms with Crippen molar-refractivity contribution in [3.8, 4) is 0 Å². The minimum Gasteiger partial charge on any atom is -0.357 e. The van der Waals surface area contributed by atoms with Crippen LogP contribution in [0.1, 0.15) is 23.0 Å². The molecule has 1 atom stereocenters. The van der Waals surface area contributed by atoms with Crippen molar-refractivity contribution in [1.29, 1.82) is 0 Å². The predicted octanol–water partition coefficient (Wildman–Crippen LogP) is 2.11. The number of rotatable bonds is 1. The molecule has 0 saturated carbocycles. The minimum atomic E-state index is -0.674. The number of hydrogen-bond acceptors (Lipinski definition) is 3. The van der Waals surface area contributed by atoms with Crippen molar-refractivity contribution in [2.24, 2.45) is 0 Å². The Kier molecular flexibility index (Phi) is 2.30. The normalized spacial score (nSPS) is 21.7. The zero-order valence-electron chi connectivity index (χ0n) is 9.97. The molecule has 0 radical (unpaired) electrons. The zero-order valence-corrected chi connectivity index (χ0v) is 9.97. The quantitative estimate of drug-likeness (QED) is 0.801. The van der Waals surface area contributed by atoms with Gasteiger partial charge in [-0.1, -0.05) is 18.2 Å². The van der Waals surface area contributed by atoms with E-state index in [9.17, 15) is 4.79 Å². The molecule has 0 spiro atoms. The highest BCUT2D eigenvalue weighted by Crippen LogP contribution is 2.29. The summed E-state index contributed by atoms with van der Waals surface area (Å²) in [7, 11) is 0. The molecule has 18 heavy (non-hydrogen) atoms. The lowest BCUT2D eigenvalue weighted by molar-refractivity contribution is 0.0904. The van der Waals surface area contributed by atoms with Gasteiger partial charge in [-0.25, -0.2) is 0 Å². The first-order valence-corrected chi connectivity index (χ1v) is 5.80. The molecule has 1 aliphatic rings. The van der Waals surface area contributed by atoms with E-state index in [2.05, 4.69) is 15.6 Å². The SMILES string of the molecule is CC1(c2ccccn2)NC(=O)c2ccccc2N1. The molecule has 1 unspecified atom stereocenters. The lowest BCUT2D eigenvalue weighted by atomic mass is 10.0. The van der Waals surface area contributed by atoms with Crippen LogP contribution in [-0.2, 0) is 5.66 Å². The molecular weight excluding hydrogens is 226 g/mol. The molecule has 0 fully saturated rings. The molecule has 3 rings (SSSR count). The molecular formula is C14H13N3O. The number of nitrogens with one attached hydrogen (secondary N) is 2. The Hall–Kier alpha value is -2.36. The number of carbonyl (C=O) groups is 1. The van der Waals surface area contributed by atoms with Crippen LogP contribution in [0.4, 0.5) is 5.69 Å². The number of aromatic nitrogens is 1. The summed E-state index contributed by atoms with van der Waals surface area (Å²) in [5.41, 5.74) is 1.60. The van der Waals surface area contributed by atoms with Gasteiger partial charge >= 0.3 is 0 Å². The summed E-state index contributed by atoms with van der Waals surface area (Å²) in [5, 5.41) is 6.28. The van der Waals surface area contributed by atoms with Crippen molar-refractivity contribution in [3.05, 3.63) is 59.9 Å². The van der Waals surface area contributed by atoms with Gasteiger partial charge in [0.05, 0.1) is 11.3 Å². The van der Waals surface area contributed by atoms with Crippen molar-refractivity contribution in [1.82, 2.24) is 10.3 Å². The molecule has 2 heterocycles. The van der Waals surface area contributed by atoms with Gasteiger partial charge in [-0.05, 0) is 31.2 Å². The highest BCUT2D eigenvalue weighted by molar-refractivity contribution is 6.02. The van der Waals surface area contributed by atoms with Crippen molar-refractivity contribution in [2.75, 3.05) is 5.32 Å². The second-order valence-electron chi connectivity index (χ2n) is 4.46. The fourth-order valence-electron chi connectivity index (χ4n) is 2.17. The molecule has 2 aromatic rings. The predicted molar refractivity (Wildman–Crippen MR) is 69.1 cm³/mol. The van der Waals surface area contributed by atoms with E-state index in [0.29, 0.717) is 5.56 Å². The van der Waals surface area contributed by atoms with Gasteiger partial charge in [-0.2, -0.15) is 0 Å². The maximum Gasteiger partial charge on any atom is 0.255 e. The third kappa shape index (κ3) is 1.62. The zero-order chi connectivity index (χ0) is 12.6. The van der Waals surface area contributed by atoms with Crippen LogP contribution in [0.5, 0.6) is 0 Å². The first-order valence-electron chi connectivity index (χ1n) is 5.80. The van der Waals surface area contributed by atoms with Gasteiger partial charge in [-0.3, -0.25) is 9.78 Å². The lowest BCUT2D eigenvalue weighted by Gasteiger charge is -2.36. The summed E-state index contributed by atoms with van der Waals surface area (Å²) in [6, 6.07) is 13.1. The molecule has 1 aromatic carbocycles. The summed E-state index contributed by atoms with van der Waals surface area (Å²) < 4.78 is 0. The molecule has 0 aliphatic carbocycles. The van der Waals surface area contributed by atoms with E-state index in [-0.39, 0.29) is 5.91 Å².